The minimum atomic E-state index is -0.0913. The highest BCUT2D eigenvalue weighted by Gasteiger charge is 2.19. The minimum absolute atomic E-state index is 0.0913. The van der Waals surface area contributed by atoms with Gasteiger partial charge in [-0.15, -0.1) is 0 Å². The summed E-state index contributed by atoms with van der Waals surface area (Å²) in [6, 6.07) is 0.258. The fraction of sp³-hybridized carbons (Fsp3) is 0.917. The summed E-state index contributed by atoms with van der Waals surface area (Å²) in [6.45, 7) is 9.64. The van der Waals surface area contributed by atoms with Crippen LogP contribution in [0.1, 0.15) is 47.0 Å². The second kappa shape index (κ2) is 8.72. The maximum Gasteiger partial charge on any atom is 0.307 e. The van der Waals surface area contributed by atoms with Gasteiger partial charge in [-0.2, -0.15) is 0 Å². The first kappa shape index (κ1) is 14.4. The van der Waals surface area contributed by atoms with Gasteiger partial charge in [0.2, 0.25) is 0 Å². The molecule has 0 saturated heterocycles. The molecule has 0 fully saturated rings. The fourth-order valence-electron chi connectivity index (χ4n) is 1.79. The van der Waals surface area contributed by atoms with Gasteiger partial charge in [-0.3, -0.25) is 4.79 Å². The van der Waals surface area contributed by atoms with Crippen molar-refractivity contribution in [3.05, 3.63) is 0 Å². The Balaban J connectivity index is 4.07. The third-order valence-corrected chi connectivity index (χ3v) is 2.59. The van der Waals surface area contributed by atoms with Gasteiger partial charge < -0.3 is 10.1 Å². The van der Waals surface area contributed by atoms with Crippen LogP contribution in [0, 0.1) is 5.92 Å². The second-order valence-electron chi connectivity index (χ2n) is 3.94. The number of rotatable bonds is 8. The molecule has 0 aliphatic carbocycles. The molecule has 2 unspecified atom stereocenters. The van der Waals surface area contributed by atoms with E-state index in [0.29, 0.717) is 18.9 Å². The van der Waals surface area contributed by atoms with E-state index < -0.39 is 0 Å². The second-order valence-corrected chi connectivity index (χ2v) is 3.94. The average molecular weight is 215 g/mol. The zero-order valence-electron chi connectivity index (χ0n) is 10.5. The zero-order chi connectivity index (χ0) is 11.7. The summed E-state index contributed by atoms with van der Waals surface area (Å²) in [6.07, 6.45) is 2.80. The number of nitrogens with one attached hydrogen (secondary N) is 1. The maximum absolute atomic E-state index is 11.4. The summed E-state index contributed by atoms with van der Waals surface area (Å²) in [5, 5.41) is 3.36. The molecule has 15 heavy (non-hydrogen) atoms. The Hall–Kier alpha value is -0.570. The molecule has 3 nitrogen and oxygen atoms in total. The van der Waals surface area contributed by atoms with Crippen LogP contribution in [0.2, 0.25) is 0 Å². The molecule has 0 aliphatic heterocycles. The predicted octanol–water partition coefficient (Wildman–Crippen LogP) is 2.35. The van der Waals surface area contributed by atoms with Gasteiger partial charge in [0, 0.05) is 6.04 Å². The Morgan fingerprint density at radius 1 is 1.33 bits per heavy atom. The van der Waals surface area contributed by atoms with Gasteiger partial charge in [-0.25, -0.2) is 0 Å². The van der Waals surface area contributed by atoms with Crippen molar-refractivity contribution < 1.29 is 9.53 Å². The molecule has 0 rings (SSSR count). The van der Waals surface area contributed by atoms with Crippen LogP contribution in [0.3, 0.4) is 0 Å². The lowest BCUT2D eigenvalue weighted by Crippen LogP contribution is -2.37. The van der Waals surface area contributed by atoms with Crippen molar-refractivity contribution in [2.24, 2.45) is 5.92 Å². The summed E-state index contributed by atoms with van der Waals surface area (Å²) >= 11 is 0. The van der Waals surface area contributed by atoms with Gasteiger partial charge in [0.15, 0.2) is 0 Å². The van der Waals surface area contributed by atoms with Gasteiger partial charge in [0.25, 0.3) is 0 Å². The molecule has 0 aromatic heterocycles. The third kappa shape index (κ3) is 6.50. The third-order valence-electron chi connectivity index (χ3n) is 2.59. The van der Waals surface area contributed by atoms with Gasteiger partial charge >= 0.3 is 5.97 Å². The van der Waals surface area contributed by atoms with E-state index in [4.69, 9.17) is 4.74 Å². The standard InChI is InChI=1S/C12H25NO2/c1-5-8-10(4)11(13-6-2)9-12(14)15-7-3/h10-11,13H,5-9H2,1-4H3. The van der Waals surface area contributed by atoms with Crippen LogP contribution in [-0.2, 0) is 9.53 Å². The van der Waals surface area contributed by atoms with Gasteiger partial charge in [0.1, 0.15) is 0 Å². The van der Waals surface area contributed by atoms with Crippen LogP contribution in [0.5, 0.6) is 0 Å². The lowest BCUT2D eigenvalue weighted by atomic mass is 9.94. The van der Waals surface area contributed by atoms with Crippen molar-refractivity contribution in [3.63, 3.8) is 0 Å². The Morgan fingerprint density at radius 2 is 2.00 bits per heavy atom. The Bertz CT molecular complexity index is 171. The molecule has 0 aliphatic rings. The molecule has 0 saturated carbocycles. The minimum Gasteiger partial charge on any atom is -0.466 e. The van der Waals surface area contributed by atoms with Gasteiger partial charge in [-0.05, 0) is 25.8 Å². The van der Waals surface area contributed by atoms with E-state index in [-0.39, 0.29) is 12.0 Å². The molecule has 0 radical (unpaired) electrons. The van der Waals surface area contributed by atoms with E-state index in [1.54, 1.807) is 0 Å². The predicted molar refractivity (Wildman–Crippen MR) is 62.8 cm³/mol. The van der Waals surface area contributed by atoms with Crippen molar-refractivity contribution in [2.75, 3.05) is 13.2 Å². The number of carbonyl (C=O) groups excluding carboxylic acids is 1. The summed E-state index contributed by atoms with van der Waals surface area (Å²) in [5.74, 6) is 0.436. The van der Waals surface area contributed by atoms with E-state index in [0.717, 1.165) is 19.4 Å². The number of esters is 1. The molecule has 90 valence electrons. The lowest BCUT2D eigenvalue weighted by Gasteiger charge is -2.23. The largest absolute Gasteiger partial charge is 0.466 e. The number of ether oxygens (including phenoxy) is 1. The monoisotopic (exact) mass is 215 g/mol. The van der Waals surface area contributed by atoms with Crippen molar-refractivity contribution in [3.8, 4) is 0 Å². The summed E-state index contributed by atoms with van der Waals surface area (Å²) in [5.41, 5.74) is 0. The van der Waals surface area contributed by atoms with Crippen molar-refractivity contribution in [1.82, 2.24) is 5.32 Å². The highest BCUT2D eigenvalue weighted by Crippen LogP contribution is 2.14. The molecular weight excluding hydrogens is 190 g/mol. The molecule has 2 atom stereocenters. The average Bonchev–Trinajstić information content (AvgIpc) is 2.18. The smallest absolute Gasteiger partial charge is 0.307 e. The van der Waals surface area contributed by atoms with Crippen LogP contribution >= 0.6 is 0 Å². The molecule has 0 aromatic carbocycles. The number of hydrogen-bond acceptors (Lipinski definition) is 3. The van der Waals surface area contributed by atoms with Crippen molar-refractivity contribution in [1.29, 1.82) is 0 Å². The molecular formula is C12H25NO2. The van der Waals surface area contributed by atoms with Gasteiger partial charge in [-0.1, -0.05) is 27.2 Å². The lowest BCUT2D eigenvalue weighted by molar-refractivity contribution is -0.144. The molecule has 0 aromatic rings. The van der Waals surface area contributed by atoms with Crippen LogP contribution in [0.4, 0.5) is 0 Å². The fourth-order valence-corrected chi connectivity index (χ4v) is 1.79. The topological polar surface area (TPSA) is 38.3 Å². The first-order valence-electron chi connectivity index (χ1n) is 6.04. The van der Waals surface area contributed by atoms with Crippen LogP contribution < -0.4 is 5.32 Å². The molecule has 0 spiro atoms. The summed E-state index contributed by atoms with van der Waals surface area (Å²) in [7, 11) is 0. The highest BCUT2D eigenvalue weighted by atomic mass is 16.5. The van der Waals surface area contributed by atoms with Crippen LogP contribution in [-0.4, -0.2) is 25.2 Å². The summed E-state index contributed by atoms with van der Waals surface area (Å²) in [4.78, 5) is 11.4. The van der Waals surface area contributed by atoms with Crippen molar-refractivity contribution in [2.45, 2.75) is 53.0 Å². The van der Waals surface area contributed by atoms with Crippen LogP contribution in [0.25, 0.3) is 0 Å². The maximum atomic E-state index is 11.4. The molecule has 0 heterocycles. The molecule has 1 N–H and O–H groups in total. The SMILES string of the molecule is CCCC(C)C(CC(=O)OCC)NCC. The number of carbonyl (C=O) groups is 1. The Labute approximate surface area is 93.6 Å². The molecule has 3 heteroatoms. The van der Waals surface area contributed by atoms with E-state index >= 15 is 0 Å². The Kier molecular flexibility index (Phi) is 8.38. The van der Waals surface area contributed by atoms with E-state index in [9.17, 15) is 4.79 Å². The van der Waals surface area contributed by atoms with E-state index in [1.807, 2.05) is 6.92 Å². The normalized spacial score (nSPS) is 14.7. The Morgan fingerprint density at radius 3 is 2.47 bits per heavy atom. The first-order valence-corrected chi connectivity index (χ1v) is 6.04. The summed E-state index contributed by atoms with van der Waals surface area (Å²) < 4.78 is 4.97. The molecule has 0 bridgehead atoms. The van der Waals surface area contributed by atoms with Crippen molar-refractivity contribution >= 4 is 5.97 Å². The van der Waals surface area contributed by atoms with E-state index in [2.05, 4.69) is 26.1 Å². The highest BCUT2D eigenvalue weighted by molar-refractivity contribution is 5.70. The first-order chi connectivity index (χ1) is 7.15. The zero-order valence-corrected chi connectivity index (χ0v) is 10.5. The number of hydrogen-bond donors (Lipinski definition) is 1. The van der Waals surface area contributed by atoms with Gasteiger partial charge in [0.05, 0.1) is 13.0 Å². The molecule has 0 amide bonds. The quantitative estimate of drug-likeness (QED) is 0.632. The van der Waals surface area contributed by atoms with Crippen LogP contribution in [0.15, 0.2) is 0 Å². The van der Waals surface area contributed by atoms with E-state index in [1.165, 1.54) is 0 Å².